The Kier molecular flexibility index (Phi) is 3.31. The fourth-order valence-electron chi connectivity index (χ4n) is 1.70. The van der Waals surface area contributed by atoms with Crippen LogP contribution in [0, 0.1) is 0 Å². The number of aryl methyl sites for hydroxylation is 1. The molecule has 1 heterocycles. The number of nitrogens with two attached hydrogens (primary N) is 1. The van der Waals surface area contributed by atoms with Crippen molar-refractivity contribution in [2.45, 2.75) is 13.5 Å². The minimum absolute atomic E-state index is 0.539. The molecule has 0 aliphatic carbocycles. The lowest BCUT2D eigenvalue weighted by atomic mass is 10.1. The third-order valence-electron chi connectivity index (χ3n) is 2.63. The highest BCUT2D eigenvalue weighted by atomic mass is 16.5. The van der Waals surface area contributed by atoms with Gasteiger partial charge in [-0.25, -0.2) is 4.68 Å². The van der Waals surface area contributed by atoms with Gasteiger partial charge in [-0.1, -0.05) is 0 Å². The van der Waals surface area contributed by atoms with E-state index in [1.54, 1.807) is 31.0 Å². The largest absolute Gasteiger partial charge is 0.493 e. The van der Waals surface area contributed by atoms with Crippen LogP contribution in [-0.4, -0.2) is 34.4 Å². The van der Waals surface area contributed by atoms with Gasteiger partial charge in [-0.3, -0.25) is 0 Å². The molecule has 96 valence electrons. The van der Waals surface area contributed by atoms with Crippen molar-refractivity contribution in [1.82, 2.24) is 20.2 Å². The first-order valence-corrected chi connectivity index (χ1v) is 5.49. The maximum Gasteiger partial charge on any atom is 0.184 e. The van der Waals surface area contributed by atoms with Gasteiger partial charge in [0.1, 0.15) is 0 Å². The molecule has 2 rings (SSSR count). The van der Waals surface area contributed by atoms with Crippen LogP contribution in [0.15, 0.2) is 12.1 Å². The molecule has 0 amide bonds. The molecule has 18 heavy (non-hydrogen) atoms. The van der Waals surface area contributed by atoms with E-state index in [2.05, 4.69) is 15.5 Å². The van der Waals surface area contributed by atoms with E-state index in [0.29, 0.717) is 29.6 Å². The molecule has 0 unspecified atom stereocenters. The standard InChI is InChI=1S/C11H15N5O2/c1-4-16-11(13-14-15-16)7-5-9(17-2)10(18-3)6-8(7)12/h5-6H,4,12H2,1-3H3. The summed E-state index contributed by atoms with van der Waals surface area (Å²) in [6.07, 6.45) is 0. The first-order valence-electron chi connectivity index (χ1n) is 5.49. The van der Waals surface area contributed by atoms with E-state index < -0.39 is 0 Å². The summed E-state index contributed by atoms with van der Waals surface area (Å²) in [5.41, 5.74) is 7.25. The van der Waals surface area contributed by atoms with E-state index in [0.717, 1.165) is 5.56 Å². The number of nitrogen functional groups attached to an aromatic ring is 1. The SMILES string of the molecule is CCn1nnnc1-c1cc(OC)c(OC)cc1N. The van der Waals surface area contributed by atoms with Crippen LogP contribution < -0.4 is 15.2 Å². The molecule has 7 heteroatoms. The molecule has 1 aromatic heterocycles. The zero-order valence-corrected chi connectivity index (χ0v) is 10.5. The maximum absolute atomic E-state index is 5.99. The second-order valence-corrected chi connectivity index (χ2v) is 3.61. The van der Waals surface area contributed by atoms with Crippen molar-refractivity contribution in [1.29, 1.82) is 0 Å². The number of rotatable bonds is 4. The zero-order valence-electron chi connectivity index (χ0n) is 10.5. The zero-order chi connectivity index (χ0) is 13.1. The second-order valence-electron chi connectivity index (χ2n) is 3.61. The fourth-order valence-corrected chi connectivity index (χ4v) is 1.70. The van der Waals surface area contributed by atoms with Gasteiger partial charge in [0.05, 0.1) is 14.2 Å². The summed E-state index contributed by atoms with van der Waals surface area (Å²) >= 11 is 0. The van der Waals surface area contributed by atoms with Crippen molar-refractivity contribution in [3.63, 3.8) is 0 Å². The van der Waals surface area contributed by atoms with Crippen LogP contribution >= 0.6 is 0 Å². The molecule has 0 atom stereocenters. The highest BCUT2D eigenvalue weighted by Crippen LogP contribution is 2.36. The highest BCUT2D eigenvalue weighted by molar-refractivity contribution is 5.75. The molecule has 0 bridgehead atoms. The lowest BCUT2D eigenvalue weighted by Crippen LogP contribution is -2.03. The van der Waals surface area contributed by atoms with Gasteiger partial charge >= 0.3 is 0 Å². The molecule has 0 spiro atoms. The minimum Gasteiger partial charge on any atom is -0.493 e. The Morgan fingerprint density at radius 3 is 2.50 bits per heavy atom. The van der Waals surface area contributed by atoms with Crippen molar-refractivity contribution >= 4 is 5.69 Å². The third-order valence-corrected chi connectivity index (χ3v) is 2.63. The normalized spacial score (nSPS) is 10.4. The molecule has 0 radical (unpaired) electrons. The summed E-state index contributed by atoms with van der Waals surface area (Å²) in [6.45, 7) is 2.62. The smallest absolute Gasteiger partial charge is 0.184 e. The summed E-state index contributed by atoms with van der Waals surface area (Å²) in [5.74, 6) is 1.78. The van der Waals surface area contributed by atoms with Crippen molar-refractivity contribution in [2.75, 3.05) is 20.0 Å². The number of anilines is 1. The fraction of sp³-hybridized carbons (Fsp3) is 0.364. The van der Waals surface area contributed by atoms with Crippen LogP contribution in [0.1, 0.15) is 6.92 Å². The van der Waals surface area contributed by atoms with E-state index in [9.17, 15) is 0 Å². The number of hydrogen-bond acceptors (Lipinski definition) is 6. The quantitative estimate of drug-likeness (QED) is 0.812. The molecular weight excluding hydrogens is 234 g/mol. The molecule has 0 saturated carbocycles. The van der Waals surface area contributed by atoms with Gasteiger partial charge in [-0.05, 0) is 23.4 Å². The Morgan fingerprint density at radius 2 is 1.89 bits per heavy atom. The van der Waals surface area contributed by atoms with Crippen molar-refractivity contribution < 1.29 is 9.47 Å². The number of methoxy groups -OCH3 is 2. The van der Waals surface area contributed by atoms with E-state index >= 15 is 0 Å². The Morgan fingerprint density at radius 1 is 1.22 bits per heavy atom. The summed E-state index contributed by atoms with van der Waals surface area (Å²) in [7, 11) is 3.13. The molecule has 7 nitrogen and oxygen atoms in total. The van der Waals surface area contributed by atoms with Crippen LogP contribution in [0.4, 0.5) is 5.69 Å². The summed E-state index contributed by atoms with van der Waals surface area (Å²) in [4.78, 5) is 0. The summed E-state index contributed by atoms with van der Waals surface area (Å²) in [6, 6.07) is 3.47. The predicted molar refractivity (Wildman–Crippen MR) is 66.4 cm³/mol. The number of ether oxygens (including phenoxy) is 2. The average molecular weight is 249 g/mol. The number of nitrogens with zero attached hydrogens (tertiary/aromatic N) is 4. The molecule has 1 aromatic carbocycles. The van der Waals surface area contributed by atoms with Gasteiger partial charge in [-0.15, -0.1) is 5.10 Å². The first kappa shape index (κ1) is 12.2. The van der Waals surface area contributed by atoms with E-state index in [4.69, 9.17) is 15.2 Å². The monoisotopic (exact) mass is 249 g/mol. The van der Waals surface area contributed by atoms with E-state index in [-0.39, 0.29) is 0 Å². The lowest BCUT2D eigenvalue weighted by Gasteiger charge is -2.11. The molecule has 0 aliphatic heterocycles. The molecule has 0 saturated heterocycles. The highest BCUT2D eigenvalue weighted by Gasteiger charge is 2.15. The van der Waals surface area contributed by atoms with E-state index in [1.165, 1.54) is 0 Å². The lowest BCUT2D eigenvalue weighted by molar-refractivity contribution is 0.355. The topological polar surface area (TPSA) is 88.1 Å². The van der Waals surface area contributed by atoms with Gasteiger partial charge in [0.2, 0.25) is 0 Å². The van der Waals surface area contributed by atoms with Crippen LogP contribution in [0.25, 0.3) is 11.4 Å². The Balaban J connectivity index is 2.58. The summed E-state index contributed by atoms with van der Waals surface area (Å²) in [5, 5.41) is 11.5. The molecule has 2 aromatic rings. The number of aromatic nitrogens is 4. The Hall–Kier alpha value is -2.31. The number of hydrogen-bond donors (Lipinski definition) is 1. The van der Waals surface area contributed by atoms with Gasteiger partial charge in [0.25, 0.3) is 0 Å². The van der Waals surface area contributed by atoms with Crippen molar-refractivity contribution in [3.05, 3.63) is 12.1 Å². The number of tetrazole rings is 1. The molecule has 0 fully saturated rings. The Bertz CT molecular complexity index is 552. The van der Waals surface area contributed by atoms with Gasteiger partial charge < -0.3 is 15.2 Å². The van der Waals surface area contributed by atoms with Gasteiger partial charge in [0.15, 0.2) is 17.3 Å². The van der Waals surface area contributed by atoms with Crippen LogP contribution in [0.2, 0.25) is 0 Å². The maximum atomic E-state index is 5.99. The van der Waals surface area contributed by atoms with Gasteiger partial charge in [-0.2, -0.15) is 0 Å². The van der Waals surface area contributed by atoms with E-state index in [1.807, 2.05) is 6.92 Å². The van der Waals surface area contributed by atoms with Crippen molar-refractivity contribution in [2.24, 2.45) is 0 Å². The average Bonchev–Trinajstić information content (AvgIpc) is 2.86. The van der Waals surface area contributed by atoms with Crippen molar-refractivity contribution in [3.8, 4) is 22.9 Å². The Labute approximate surface area is 104 Å². The molecule has 2 N–H and O–H groups in total. The van der Waals surface area contributed by atoms with Crippen LogP contribution in [-0.2, 0) is 6.54 Å². The molecule has 0 aliphatic rings. The third kappa shape index (κ3) is 1.94. The van der Waals surface area contributed by atoms with Gasteiger partial charge in [0, 0.05) is 23.9 Å². The number of benzene rings is 1. The van der Waals surface area contributed by atoms with Crippen LogP contribution in [0.5, 0.6) is 11.5 Å². The molecular formula is C11H15N5O2. The van der Waals surface area contributed by atoms with Crippen LogP contribution in [0.3, 0.4) is 0 Å². The predicted octanol–water partition coefficient (Wildman–Crippen LogP) is 0.959. The first-order chi connectivity index (χ1) is 8.71. The minimum atomic E-state index is 0.539. The second kappa shape index (κ2) is 4.91. The summed E-state index contributed by atoms with van der Waals surface area (Å²) < 4.78 is 12.1.